The van der Waals surface area contributed by atoms with E-state index in [4.69, 9.17) is 16.2 Å². The SMILES string of the molecule is COc1ccc(-c2ccc(N)cc2)n2nc(N)nc12. The summed E-state index contributed by atoms with van der Waals surface area (Å²) in [5, 5.41) is 4.19. The Morgan fingerprint density at radius 3 is 2.47 bits per heavy atom. The molecule has 0 aliphatic heterocycles. The zero-order valence-electron chi connectivity index (χ0n) is 10.4. The first-order valence-corrected chi connectivity index (χ1v) is 5.74. The van der Waals surface area contributed by atoms with Gasteiger partial charge in [0.25, 0.3) is 0 Å². The van der Waals surface area contributed by atoms with Gasteiger partial charge in [-0.2, -0.15) is 4.98 Å². The average Bonchev–Trinajstić information content (AvgIpc) is 2.80. The number of anilines is 2. The molecule has 0 bridgehead atoms. The molecule has 0 unspecified atom stereocenters. The standard InChI is InChI=1S/C13H13N5O/c1-19-11-7-6-10(8-2-4-9(14)5-3-8)18-12(11)16-13(15)17-18/h2-7H,14H2,1H3,(H2,15,17). The van der Waals surface area contributed by atoms with E-state index in [2.05, 4.69) is 10.1 Å². The van der Waals surface area contributed by atoms with E-state index in [0.29, 0.717) is 17.1 Å². The molecule has 19 heavy (non-hydrogen) atoms. The molecule has 2 heterocycles. The number of hydrogen-bond acceptors (Lipinski definition) is 5. The summed E-state index contributed by atoms with van der Waals surface area (Å²) in [5.74, 6) is 0.838. The Bertz CT molecular complexity index is 733. The molecule has 0 amide bonds. The smallest absolute Gasteiger partial charge is 0.240 e. The number of aromatic nitrogens is 3. The molecule has 0 spiro atoms. The van der Waals surface area contributed by atoms with Gasteiger partial charge in [-0.25, -0.2) is 4.52 Å². The summed E-state index contributed by atoms with van der Waals surface area (Å²) in [5.41, 5.74) is 14.5. The maximum atomic E-state index is 5.69. The van der Waals surface area contributed by atoms with Crippen LogP contribution in [0.4, 0.5) is 11.6 Å². The number of benzene rings is 1. The van der Waals surface area contributed by atoms with Gasteiger partial charge in [0.1, 0.15) is 0 Å². The van der Waals surface area contributed by atoms with E-state index in [1.165, 1.54) is 0 Å². The Morgan fingerprint density at radius 1 is 1.05 bits per heavy atom. The molecule has 0 saturated heterocycles. The lowest BCUT2D eigenvalue weighted by Gasteiger charge is -2.07. The highest BCUT2D eigenvalue weighted by atomic mass is 16.5. The molecule has 0 radical (unpaired) electrons. The highest BCUT2D eigenvalue weighted by molar-refractivity contribution is 5.68. The van der Waals surface area contributed by atoms with Crippen LogP contribution < -0.4 is 16.2 Å². The third-order valence-electron chi connectivity index (χ3n) is 2.89. The molecule has 0 aliphatic carbocycles. The number of rotatable bonds is 2. The summed E-state index contributed by atoms with van der Waals surface area (Å²) >= 11 is 0. The first kappa shape index (κ1) is 11.3. The van der Waals surface area contributed by atoms with Crippen molar-refractivity contribution in [1.82, 2.24) is 14.6 Å². The first-order valence-electron chi connectivity index (χ1n) is 5.74. The molecule has 0 fully saturated rings. The number of hydrogen-bond donors (Lipinski definition) is 2. The van der Waals surface area contributed by atoms with E-state index in [9.17, 15) is 0 Å². The van der Waals surface area contributed by atoms with Crippen LogP contribution in [0.1, 0.15) is 0 Å². The second-order valence-corrected chi connectivity index (χ2v) is 4.11. The lowest BCUT2D eigenvalue weighted by Crippen LogP contribution is -1.97. The maximum absolute atomic E-state index is 5.69. The quantitative estimate of drug-likeness (QED) is 0.678. The van der Waals surface area contributed by atoms with Crippen LogP contribution in [0.2, 0.25) is 0 Å². The topological polar surface area (TPSA) is 91.5 Å². The van der Waals surface area contributed by atoms with Gasteiger partial charge in [-0.05, 0) is 24.3 Å². The third kappa shape index (κ3) is 1.83. The van der Waals surface area contributed by atoms with Crippen molar-refractivity contribution in [1.29, 1.82) is 0 Å². The monoisotopic (exact) mass is 255 g/mol. The molecule has 2 aromatic heterocycles. The molecule has 3 aromatic rings. The molecule has 6 nitrogen and oxygen atoms in total. The van der Waals surface area contributed by atoms with Crippen molar-refractivity contribution in [2.24, 2.45) is 0 Å². The summed E-state index contributed by atoms with van der Waals surface area (Å²) in [6.07, 6.45) is 0. The van der Waals surface area contributed by atoms with Gasteiger partial charge in [0.05, 0.1) is 12.8 Å². The molecule has 6 heteroatoms. The summed E-state index contributed by atoms with van der Waals surface area (Å²) in [6.45, 7) is 0. The van der Waals surface area contributed by atoms with Crippen LogP contribution in [0.15, 0.2) is 36.4 Å². The van der Waals surface area contributed by atoms with Crippen LogP contribution in [0.5, 0.6) is 5.75 Å². The Labute approximate surface area is 109 Å². The van der Waals surface area contributed by atoms with Crippen molar-refractivity contribution in [2.75, 3.05) is 18.6 Å². The van der Waals surface area contributed by atoms with Crippen LogP contribution in [-0.2, 0) is 0 Å². The van der Waals surface area contributed by atoms with Crippen molar-refractivity contribution < 1.29 is 4.74 Å². The van der Waals surface area contributed by atoms with Crippen LogP contribution in [0, 0.1) is 0 Å². The Kier molecular flexibility index (Phi) is 2.49. The van der Waals surface area contributed by atoms with Crippen molar-refractivity contribution in [2.45, 2.75) is 0 Å². The minimum Gasteiger partial charge on any atom is -0.493 e. The molecule has 0 atom stereocenters. The number of nitrogens with zero attached hydrogens (tertiary/aromatic N) is 3. The van der Waals surface area contributed by atoms with Gasteiger partial charge in [-0.15, -0.1) is 5.10 Å². The van der Waals surface area contributed by atoms with E-state index in [0.717, 1.165) is 11.3 Å². The lowest BCUT2D eigenvalue weighted by molar-refractivity contribution is 0.416. The molecule has 1 aromatic carbocycles. The minimum atomic E-state index is 0.209. The highest BCUT2D eigenvalue weighted by Crippen LogP contribution is 2.26. The predicted octanol–water partition coefficient (Wildman–Crippen LogP) is 1.57. The van der Waals surface area contributed by atoms with Gasteiger partial charge in [0.15, 0.2) is 11.4 Å². The van der Waals surface area contributed by atoms with Gasteiger partial charge in [-0.3, -0.25) is 0 Å². The minimum absolute atomic E-state index is 0.209. The highest BCUT2D eigenvalue weighted by Gasteiger charge is 2.12. The molecule has 96 valence electrons. The van der Waals surface area contributed by atoms with Gasteiger partial charge >= 0.3 is 0 Å². The van der Waals surface area contributed by atoms with Crippen molar-refractivity contribution >= 4 is 17.3 Å². The number of ether oxygens (including phenoxy) is 1. The molecular weight excluding hydrogens is 242 g/mol. The first-order chi connectivity index (χ1) is 9.19. The second-order valence-electron chi connectivity index (χ2n) is 4.11. The van der Waals surface area contributed by atoms with E-state index in [1.54, 1.807) is 11.6 Å². The summed E-state index contributed by atoms with van der Waals surface area (Å²) in [4.78, 5) is 4.17. The average molecular weight is 255 g/mol. The van der Waals surface area contributed by atoms with Crippen LogP contribution in [0.25, 0.3) is 16.9 Å². The Balaban J connectivity index is 2.27. The number of pyridine rings is 1. The number of nitrogen functional groups attached to an aromatic ring is 2. The summed E-state index contributed by atoms with van der Waals surface area (Å²) < 4.78 is 6.92. The number of nitrogens with two attached hydrogens (primary N) is 2. The van der Waals surface area contributed by atoms with Crippen molar-refractivity contribution in [3.05, 3.63) is 36.4 Å². The Morgan fingerprint density at radius 2 is 1.79 bits per heavy atom. The fourth-order valence-corrected chi connectivity index (χ4v) is 1.99. The van der Waals surface area contributed by atoms with Gasteiger partial charge in [0, 0.05) is 11.3 Å². The van der Waals surface area contributed by atoms with Crippen molar-refractivity contribution in [3.63, 3.8) is 0 Å². The molecule has 0 saturated carbocycles. The van der Waals surface area contributed by atoms with Crippen LogP contribution >= 0.6 is 0 Å². The summed E-state index contributed by atoms with van der Waals surface area (Å²) in [6, 6.07) is 11.3. The Hall–Kier alpha value is -2.76. The normalized spacial score (nSPS) is 10.8. The van der Waals surface area contributed by atoms with Gasteiger partial charge in [0.2, 0.25) is 5.95 Å². The van der Waals surface area contributed by atoms with E-state index in [-0.39, 0.29) is 5.95 Å². The molecule has 4 N–H and O–H groups in total. The zero-order chi connectivity index (χ0) is 13.4. The van der Waals surface area contributed by atoms with Gasteiger partial charge in [-0.1, -0.05) is 12.1 Å². The van der Waals surface area contributed by atoms with Crippen LogP contribution in [0.3, 0.4) is 0 Å². The third-order valence-corrected chi connectivity index (χ3v) is 2.89. The molecule has 0 aliphatic rings. The summed E-state index contributed by atoms with van der Waals surface area (Å²) in [7, 11) is 1.59. The fraction of sp³-hybridized carbons (Fsp3) is 0.0769. The van der Waals surface area contributed by atoms with Crippen molar-refractivity contribution in [3.8, 4) is 17.0 Å². The molecular formula is C13H13N5O. The second kappa shape index (κ2) is 4.16. The van der Waals surface area contributed by atoms with Crippen LogP contribution in [-0.4, -0.2) is 21.7 Å². The van der Waals surface area contributed by atoms with E-state index >= 15 is 0 Å². The zero-order valence-corrected chi connectivity index (χ0v) is 10.4. The fourth-order valence-electron chi connectivity index (χ4n) is 1.99. The number of methoxy groups -OCH3 is 1. The lowest BCUT2D eigenvalue weighted by atomic mass is 10.1. The van der Waals surface area contributed by atoms with E-state index in [1.807, 2.05) is 36.4 Å². The van der Waals surface area contributed by atoms with Gasteiger partial charge < -0.3 is 16.2 Å². The molecule has 3 rings (SSSR count). The predicted molar refractivity (Wildman–Crippen MR) is 73.8 cm³/mol. The largest absolute Gasteiger partial charge is 0.493 e. The number of fused-ring (bicyclic) bond motifs is 1. The van der Waals surface area contributed by atoms with E-state index < -0.39 is 0 Å². The maximum Gasteiger partial charge on any atom is 0.240 e.